The molecule has 1 atom stereocenters. The van der Waals surface area contributed by atoms with E-state index in [2.05, 4.69) is 5.32 Å². The van der Waals surface area contributed by atoms with Crippen LogP contribution in [0.5, 0.6) is 5.75 Å². The lowest BCUT2D eigenvalue weighted by Gasteiger charge is -2.14. The molecule has 0 spiro atoms. The molecule has 0 aromatic heterocycles. The van der Waals surface area contributed by atoms with Gasteiger partial charge in [0.05, 0.1) is 13.5 Å². The summed E-state index contributed by atoms with van der Waals surface area (Å²) in [5.41, 5.74) is 2.59. The van der Waals surface area contributed by atoms with E-state index in [0.29, 0.717) is 11.4 Å². The van der Waals surface area contributed by atoms with Gasteiger partial charge in [0.2, 0.25) is 0 Å². The van der Waals surface area contributed by atoms with Crippen LogP contribution in [0.15, 0.2) is 48.5 Å². The van der Waals surface area contributed by atoms with Crippen LogP contribution in [0.25, 0.3) is 0 Å². The summed E-state index contributed by atoms with van der Waals surface area (Å²) in [6, 6.07) is 14.5. The Balaban J connectivity index is 1.85. The van der Waals surface area contributed by atoms with E-state index >= 15 is 0 Å². The van der Waals surface area contributed by atoms with Crippen LogP contribution in [-0.2, 0) is 20.7 Å². The normalized spacial score (nSPS) is 11.5. The number of hydrogen-bond donors (Lipinski definition) is 1. The van der Waals surface area contributed by atoms with Crippen molar-refractivity contribution in [1.29, 1.82) is 0 Å². The average molecular weight is 327 g/mol. The highest BCUT2D eigenvalue weighted by atomic mass is 16.5. The number of carbonyl (C=O) groups excluding carboxylic acids is 2. The standard InChI is InChI=1S/C19H21NO4/c1-13-4-6-15(7-5-13)12-18(21)24-14(2)19(22)20-16-8-10-17(23-3)11-9-16/h4-11,14H,12H2,1-3H3,(H,20,22)/t14-/m1/s1. The van der Waals surface area contributed by atoms with Gasteiger partial charge in [0.15, 0.2) is 6.10 Å². The fourth-order valence-corrected chi connectivity index (χ4v) is 2.08. The Bertz CT molecular complexity index is 692. The molecule has 0 saturated carbocycles. The van der Waals surface area contributed by atoms with Crippen LogP contribution in [0, 0.1) is 6.92 Å². The van der Waals surface area contributed by atoms with Gasteiger partial charge < -0.3 is 14.8 Å². The highest BCUT2D eigenvalue weighted by Crippen LogP contribution is 2.15. The van der Waals surface area contributed by atoms with Crippen molar-refractivity contribution in [2.45, 2.75) is 26.4 Å². The zero-order valence-electron chi connectivity index (χ0n) is 14.0. The molecule has 0 fully saturated rings. The van der Waals surface area contributed by atoms with Crippen molar-refractivity contribution < 1.29 is 19.1 Å². The molecule has 0 unspecified atom stereocenters. The van der Waals surface area contributed by atoms with Gasteiger partial charge in [-0.15, -0.1) is 0 Å². The third kappa shape index (κ3) is 5.12. The zero-order valence-corrected chi connectivity index (χ0v) is 14.0. The van der Waals surface area contributed by atoms with Gasteiger partial charge in [0, 0.05) is 5.69 Å². The van der Waals surface area contributed by atoms with Gasteiger partial charge in [-0.1, -0.05) is 29.8 Å². The van der Waals surface area contributed by atoms with E-state index in [1.165, 1.54) is 0 Å². The number of methoxy groups -OCH3 is 1. The number of nitrogens with one attached hydrogen (secondary N) is 1. The molecule has 126 valence electrons. The molecule has 5 nitrogen and oxygen atoms in total. The van der Waals surface area contributed by atoms with Gasteiger partial charge in [0.25, 0.3) is 5.91 Å². The molecule has 0 aliphatic rings. The quantitative estimate of drug-likeness (QED) is 0.828. The third-order valence-corrected chi connectivity index (χ3v) is 3.50. The summed E-state index contributed by atoms with van der Waals surface area (Å²) in [7, 11) is 1.57. The number of hydrogen-bond acceptors (Lipinski definition) is 4. The second kappa shape index (κ2) is 8.15. The number of aryl methyl sites for hydroxylation is 1. The maximum absolute atomic E-state index is 12.1. The summed E-state index contributed by atoms with van der Waals surface area (Å²) >= 11 is 0. The molecule has 0 radical (unpaired) electrons. The summed E-state index contributed by atoms with van der Waals surface area (Å²) in [6.45, 7) is 3.53. The predicted molar refractivity (Wildman–Crippen MR) is 92.1 cm³/mol. The Labute approximate surface area is 141 Å². The van der Waals surface area contributed by atoms with Gasteiger partial charge in [-0.3, -0.25) is 9.59 Å². The molecule has 0 saturated heterocycles. The summed E-state index contributed by atoms with van der Waals surface area (Å²) in [6.07, 6.45) is -0.731. The maximum atomic E-state index is 12.1. The monoisotopic (exact) mass is 327 g/mol. The third-order valence-electron chi connectivity index (χ3n) is 3.50. The Hall–Kier alpha value is -2.82. The van der Waals surface area contributed by atoms with E-state index in [4.69, 9.17) is 9.47 Å². The second-order valence-corrected chi connectivity index (χ2v) is 5.51. The highest BCUT2D eigenvalue weighted by molar-refractivity contribution is 5.95. The lowest BCUT2D eigenvalue weighted by molar-refractivity contribution is -0.152. The number of benzene rings is 2. The molecule has 0 bridgehead atoms. The molecule has 1 N–H and O–H groups in total. The Morgan fingerprint density at radius 3 is 2.25 bits per heavy atom. The van der Waals surface area contributed by atoms with Crippen LogP contribution in [0.3, 0.4) is 0 Å². The number of rotatable bonds is 6. The smallest absolute Gasteiger partial charge is 0.311 e. The molecule has 2 rings (SSSR count). The van der Waals surface area contributed by atoms with Crippen molar-refractivity contribution >= 4 is 17.6 Å². The predicted octanol–water partition coefficient (Wildman–Crippen LogP) is 3.12. The molecule has 1 amide bonds. The summed E-state index contributed by atoms with van der Waals surface area (Å²) in [4.78, 5) is 24.0. The fourth-order valence-electron chi connectivity index (χ4n) is 2.08. The van der Waals surface area contributed by atoms with Crippen LogP contribution in [0.4, 0.5) is 5.69 Å². The van der Waals surface area contributed by atoms with Gasteiger partial charge in [-0.25, -0.2) is 0 Å². The van der Waals surface area contributed by atoms with E-state index in [1.807, 2.05) is 31.2 Å². The number of anilines is 1. The molecule has 0 aliphatic heterocycles. The van der Waals surface area contributed by atoms with Gasteiger partial charge in [-0.05, 0) is 43.7 Å². The van der Waals surface area contributed by atoms with E-state index < -0.39 is 12.1 Å². The molecule has 24 heavy (non-hydrogen) atoms. The van der Waals surface area contributed by atoms with Crippen molar-refractivity contribution in [1.82, 2.24) is 0 Å². The van der Waals surface area contributed by atoms with Gasteiger partial charge >= 0.3 is 5.97 Å². The first-order chi connectivity index (χ1) is 11.5. The fraction of sp³-hybridized carbons (Fsp3) is 0.263. The van der Waals surface area contributed by atoms with E-state index in [1.54, 1.807) is 38.3 Å². The van der Waals surface area contributed by atoms with E-state index in [9.17, 15) is 9.59 Å². The lowest BCUT2D eigenvalue weighted by Crippen LogP contribution is -2.30. The topological polar surface area (TPSA) is 64.6 Å². The first-order valence-electron chi connectivity index (χ1n) is 7.68. The summed E-state index contributed by atoms with van der Waals surface area (Å²) in [5.74, 6) is -0.112. The SMILES string of the molecule is COc1ccc(NC(=O)[C@@H](C)OC(=O)Cc2ccc(C)cc2)cc1. The summed E-state index contributed by atoms with van der Waals surface area (Å²) < 4.78 is 10.2. The Kier molecular flexibility index (Phi) is 5.95. The minimum absolute atomic E-state index is 0.139. The van der Waals surface area contributed by atoms with Crippen molar-refractivity contribution in [3.05, 3.63) is 59.7 Å². The van der Waals surface area contributed by atoms with Crippen LogP contribution in [0.2, 0.25) is 0 Å². The van der Waals surface area contributed by atoms with Crippen molar-refractivity contribution in [3.63, 3.8) is 0 Å². The lowest BCUT2D eigenvalue weighted by atomic mass is 10.1. The van der Waals surface area contributed by atoms with Crippen LogP contribution >= 0.6 is 0 Å². The number of esters is 1. The first-order valence-corrected chi connectivity index (χ1v) is 7.68. The van der Waals surface area contributed by atoms with Crippen LogP contribution < -0.4 is 10.1 Å². The van der Waals surface area contributed by atoms with E-state index in [-0.39, 0.29) is 12.3 Å². The minimum Gasteiger partial charge on any atom is -0.497 e. The van der Waals surface area contributed by atoms with Crippen LogP contribution in [-0.4, -0.2) is 25.1 Å². The molecule has 0 aliphatic carbocycles. The summed E-state index contributed by atoms with van der Waals surface area (Å²) in [5, 5.41) is 2.70. The number of carbonyl (C=O) groups is 2. The molecule has 0 heterocycles. The molecular formula is C19H21NO4. The molecule has 2 aromatic carbocycles. The number of amides is 1. The van der Waals surface area contributed by atoms with Gasteiger partial charge in [0.1, 0.15) is 5.75 Å². The van der Waals surface area contributed by atoms with Crippen molar-refractivity contribution in [2.75, 3.05) is 12.4 Å². The Morgan fingerprint density at radius 1 is 1.04 bits per heavy atom. The zero-order chi connectivity index (χ0) is 17.5. The van der Waals surface area contributed by atoms with Crippen molar-refractivity contribution in [2.24, 2.45) is 0 Å². The van der Waals surface area contributed by atoms with Crippen molar-refractivity contribution in [3.8, 4) is 5.75 Å². The molecule has 5 heteroatoms. The maximum Gasteiger partial charge on any atom is 0.311 e. The molecular weight excluding hydrogens is 306 g/mol. The van der Waals surface area contributed by atoms with Gasteiger partial charge in [-0.2, -0.15) is 0 Å². The minimum atomic E-state index is -0.870. The largest absolute Gasteiger partial charge is 0.497 e. The Morgan fingerprint density at radius 2 is 1.67 bits per heavy atom. The molecule has 2 aromatic rings. The second-order valence-electron chi connectivity index (χ2n) is 5.51. The average Bonchev–Trinajstić information content (AvgIpc) is 2.57. The number of ether oxygens (including phenoxy) is 2. The first kappa shape index (κ1) is 17.5. The van der Waals surface area contributed by atoms with Crippen LogP contribution in [0.1, 0.15) is 18.1 Å². The van der Waals surface area contributed by atoms with E-state index in [0.717, 1.165) is 11.1 Å². The highest BCUT2D eigenvalue weighted by Gasteiger charge is 2.18.